The van der Waals surface area contributed by atoms with Crippen LogP contribution in [0.1, 0.15) is 65.2 Å². The minimum Gasteiger partial charge on any atom is -0.550 e. The number of carboxylic acids is 1. The second-order valence-electron chi connectivity index (χ2n) is 10.2. The van der Waals surface area contributed by atoms with Crippen LogP contribution < -0.4 is 56.5 Å². The fourth-order valence-electron chi connectivity index (χ4n) is 7.90. The minimum absolute atomic E-state index is 0. The van der Waals surface area contributed by atoms with E-state index in [-0.39, 0.29) is 92.5 Å². The molecule has 0 unspecified atom stereocenters. The number of carbonyl (C=O) groups is 2. The van der Waals surface area contributed by atoms with Crippen molar-refractivity contribution in [1.29, 1.82) is 0 Å². The summed E-state index contributed by atoms with van der Waals surface area (Å²) in [5.74, 6) is 0.194. The molecule has 1 aliphatic heterocycles. The Kier molecular flexibility index (Phi) is 5.19. The van der Waals surface area contributed by atoms with Gasteiger partial charge in [0.25, 0.3) is 0 Å². The summed E-state index contributed by atoms with van der Waals surface area (Å²) in [6, 6.07) is 0. The fraction of sp³-hybridized carbons (Fsp3) is 0.818. The summed E-state index contributed by atoms with van der Waals surface area (Å²) in [4.78, 5) is 23.0. The summed E-state index contributed by atoms with van der Waals surface area (Å²) >= 11 is 0. The SMILES string of the molecule is C[C@]12C=CC(=O)C[C@@H]1CC[C@H]1[C@@H]3CC[C@@](O)(CCC(=O)[O-])[C@@]3(C)C[C@H]3O[C@]312.[K+]. The van der Waals surface area contributed by atoms with Gasteiger partial charge < -0.3 is 19.7 Å². The van der Waals surface area contributed by atoms with Crippen LogP contribution in [0.3, 0.4) is 0 Å². The first-order valence-corrected chi connectivity index (χ1v) is 10.5. The zero-order chi connectivity index (χ0) is 19.2. The van der Waals surface area contributed by atoms with E-state index < -0.39 is 11.6 Å². The first-order chi connectivity index (χ1) is 12.7. The predicted molar refractivity (Wildman–Crippen MR) is 95.3 cm³/mol. The van der Waals surface area contributed by atoms with Crippen molar-refractivity contribution in [3.8, 4) is 0 Å². The fourth-order valence-corrected chi connectivity index (χ4v) is 7.90. The zero-order valence-corrected chi connectivity index (χ0v) is 20.3. The van der Waals surface area contributed by atoms with Crippen molar-refractivity contribution in [2.45, 2.75) is 82.5 Å². The Hall–Kier alpha value is 0.436. The van der Waals surface area contributed by atoms with E-state index in [0.717, 1.165) is 25.7 Å². The topological polar surface area (TPSA) is 90.0 Å². The number of rotatable bonds is 3. The van der Waals surface area contributed by atoms with Crippen molar-refractivity contribution in [3.05, 3.63) is 12.2 Å². The molecule has 4 aliphatic carbocycles. The molecule has 0 bridgehead atoms. The van der Waals surface area contributed by atoms with Gasteiger partial charge in [-0.05, 0) is 68.8 Å². The largest absolute Gasteiger partial charge is 1.00 e. The molecule has 1 saturated heterocycles. The van der Waals surface area contributed by atoms with Crippen LogP contribution in [0.2, 0.25) is 0 Å². The monoisotopic (exact) mass is 412 g/mol. The van der Waals surface area contributed by atoms with Crippen LogP contribution in [-0.4, -0.2) is 34.2 Å². The van der Waals surface area contributed by atoms with Gasteiger partial charge in [-0.1, -0.05) is 19.9 Å². The molecule has 0 aromatic rings. The normalized spacial score (nSPS) is 53.3. The first-order valence-electron chi connectivity index (χ1n) is 10.5. The van der Waals surface area contributed by atoms with Crippen LogP contribution in [-0.2, 0) is 14.3 Å². The summed E-state index contributed by atoms with van der Waals surface area (Å²) in [6.07, 6.45) is 9.20. The molecule has 0 aromatic carbocycles. The summed E-state index contributed by atoms with van der Waals surface area (Å²) in [7, 11) is 0. The molecule has 0 aromatic heterocycles. The second kappa shape index (κ2) is 6.72. The smallest absolute Gasteiger partial charge is 0.550 e. The van der Waals surface area contributed by atoms with Gasteiger partial charge in [0.1, 0.15) is 5.60 Å². The molecule has 5 aliphatic rings. The Morgan fingerprint density at radius 2 is 2.04 bits per heavy atom. The molecule has 148 valence electrons. The number of allylic oxidation sites excluding steroid dienone is 1. The average Bonchev–Trinajstić information content (AvgIpc) is 3.26. The van der Waals surface area contributed by atoms with Crippen molar-refractivity contribution in [2.75, 3.05) is 0 Å². The Balaban J connectivity index is 0.00000192. The van der Waals surface area contributed by atoms with E-state index in [2.05, 4.69) is 19.9 Å². The first kappa shape index (κ1) is 21.7. The van der Waals surface area contributed by atoms with Gasteiger partial charge in [-0.15, -0.1) is 0 Å². The van der Waals surface area contributed by atoms with Crippen LogP contribution in [0.15, 0.2) is 12.2 Å². The van der Waals surface area contributed by atoms with Crippen molar-refractivity contribution in [1.82, 2.24) is 0 Å². The van der Waals surface area contributed by atoms with Gasteiger partial charge in [0.2, 0.25) is 0 Å². The number of hydrogen-bond acceptors (Lipinski definition) is 5. The maximum absolute atomic E-state index is 12.0. The van der Waals surface area contributed by atoms with Crippen LogP contribution in [0.4, 0.5) is 0 Å². The molecule has 5 nitrogen and oxygen atoms in total. The predicted octanol–water partition coefficient (Wildman–Crippen LogP) is -1.23. The van der Waals surface area contributed by atoms with Gasteiger partial charge >= 0.3 is 51.4 Å². The molecule has 0 radical (unpaired) electrons. The van der Waals surface area contributed by atoms with E-state index >= 15 is 0 Å². The summed E-state index contributed by atoms with van der Waals surface area (Å²) < 4.78 is 6.50. The number of carbonyl (C=O) groups excluding carboxylic acids is 2. The van der Waals surface area contributed by atoms with Crippen molar-refractivity contribution in [3.63, 3.8) is 0 Å². The zero-order valence-electron chi connectivity index (χ0n) is 17.2. The number of aliphatic hydroxyl groups is 1. The van der Waals surface area contributed by atoms with Crippen LogP contribution in [0.25, 0.3) is 0 Å². The summed E-state index contributed by atoms with van der Waals surface area (Å²) in [5.41, 5.74) is -1.57. The minimum atomic E-state index is -1.09. The molecular formula is C22H29KO5. The second-order valence-corrected chi connectivity index (χ2v) is 10.2. The van der Waals surface area contributed by atoms with E-state index in [9.17, 15) is 19.8 Å². The molecule has 1 spiro atoms. The molecule has 4 fully saturated rings. The third-order valence-corrected chi connectivity index (χ3v) is 9.48. The third-order valence-electron chi connectivity index (χ3n) is 9.48. The van der Waals surface area contributed by atoms with E-state index in [1.54, 1.807) is 6.08 Å². The number of epoxide rings is 1. The molecular weight excluding hydrogens is 383 g/mol. The summed E-state index contributed by atoms with van der Waals surface area (Å²) in [5, 5.41) is 22.5. The quantitative estimate of drug-likeness (QED) is 0.463. The molecule has 0 amide bonds. The van der Waals surface area contributed by atoms with Gasteiger partial charge in [-0.25, -0.2) is 0 Å². The number of fused-ring (bicyclic) bond motifs is 3. The van der Waals surface area contributed by atoms with E-state index in [1.165, 1.54) is 0 Å². The maximum atomic E-state index is 12.0. The van der Waals surface area contributed by atoms with Crippen LogP contribution in [0.5, 0.6) is 0 Å². The van der Waals surface area contributed by atoms with E-state index in [4.69, 9.17) is 4.74 Å². The van der Waals surface area contributed by atoms with Gasteiger partial charge in [0.05, 0.1) is 11.7 Å². The average molecular weight is 413 g/mol. The van der Waals surface area contributed by atoms with Gasteiger partial charge in [-0.2, -0.15) is 0 Å². The molecule has 3 saturated carbocycles. The van der Waals surface area contributed by atoms with Gasteiger partial charge in [0, 0.05) is 23.2 Å². The number of aliphatic carboxylic acids is 1. The van der Waals surface area contributed by atoms with Gasteiger partial charge in [0.15, 0.2) is 5.78 Å². The Labute approximate surface area is 209 Å². The Morgan fingerprint density at radius 1 is 1.29 bits per heavy atom. The number of ether oxygens (including phenoxy) is 1. The molecule has 5 rings (SSSR count). The number of hydrogen-bond donors (Lipinski definition) is 1. The van der Waals surface area contributed by atoms with Crippen LogP contribution >= 0.6 is 0 Å². The molecule has 8 atom stereocenters. The van der Waals surface area contributed by atoms with Crippen molar-refractivity contribution in [2.24, 2.45) is 28.6 Å². The molecule has 6 heteroatoms. The maximum Gasteiger partial charge on any atom is 1.00 e. The van der Waals surface area contributed by atoms with E-state index in [1.807, 2.05) is 0 Å². The standard InChI is InChI=1S/C22H30O5.K/c1-19-8-5-14(23)11-13(19)3-4-16-15-6-9-21(26,10-7-18(24)25)20(15,2)12-17-22(16,19)27-17;/h5,8,13,15-17,26H,3-4,6-7,9-12H2,1-2H3,(H,24,25);/q;+1/p-1/t13-,15-,16-,17+,19-,20-,21+,22-;/m0./s1. The van der Waals surface area contributed by atoms with Gasteiger partial charge in [-0.3, -0.25) is 4.79 Å². The Bertz CT molecular complexity index is 751. The Morgan fingerprint density at radius 3 is 2.75 bits per heavy atom. The number of ketones is 1. The number of carboxylic acid groups (broad SMARTS) is 1. The third kappa shape index (κ3) is 2.58. The molecule has 1 N–H and O–H groups in total. The van der Waals surface area contributed by atoms with Crippen molar-refractivity contribution >= 4 is 11.8 Å². The molecule has 28 heavy (non-hydrogen) atoms. The van der Waals surface area contributed by atoms with E-state index in [0.29, 0.717) is 30.6 Å². The molecule has 1 heterocycles. The van der Waals surface area contributed by atoms with Crippen LogP contribution in [0, 0.1) is 28.6 Å². The summed E-state index contributed by atoms with van der Waals surface area (Å²) in [6.45, 7) is 4.42. The van der Waals surface area contributed by atoms with Crippen molar-refractivity contribution < 1.29 is 75.9 Å².